The van der Waals surface area contributed by atoms with E-state index < -0.39 is 17.5 Å². The first-order chi connectivity index (χ1) is 9.51. The Kier molecular flexibility index (Phi) is 4.57. The third-order valence-electron chi connectivity index (χ3n) is 4.09. The smallest absolute Gasteiger partial charge is 0.254 e. The van der Waals surface area contributed by atoms with E-state index in [0.717, 1.165) is 44.1 Å². The van der Waals surface area contributed by atoms with Crippen LogP contribution in [0.4, 0.5) is 14.5 Å². The lowest BCUT2D eigenvalue weighted by molar-refractivity contribution is 0.0917. The molecule has 0 radical (unpaired) electrons. The number of hydrogen-bond donors (Lipinski definition) is 2. The fraction of sp³-hybridized carbons (Fsp3) is 0.533. The number of nitrogen functional groups attached to an aromatic ring is 1. The Labute approximate surface area is 117 Å². The number of halogens is 2. The molecule has 1 aliphatic carbocycles. The van der Waals surface area contributed by atoms with E-state index in [-0.39, 0.29) is 17.3 Å². The molecule has 1 amide bonds. The van der Waals surface area contributed by atoms with Crippen LogP contribution < -0.4 is 11.1 Å². The molecule has 1 fully saturated rings. The average molecular weight is 282 g/mol. The van der Waals surface area contributed by atoms with Gasteiger partial charge in [-0.1, -0.05) is 13.3 Å². The first kappa shape index (κ1) is 14.8. The lowest BCUT2D eigenvalue weighted by Crippen LogP contribution is -2.38. The molecule has 1 aromatic rings. The minimum absolute atomic E-state index is 0.0657. The van der Waals surface area contributed by atoms with Crippen molar-refractivity contribution in [1.82, 2.24) is 5.32 Å². The fourth-order valence-corrected chi connectivity index (χ4v) is 2.72. The summed E-state index contributed by atoms with van der Waals surface area (Å²) in [7, 11) is 0. The Bertz CT molecular complexity index is 497. The van der Waals surface area contributed by atoms with E-state index in [4.69, 9.17) is 5.73 Å². The Morgan fingerprint density at radius 2 is 1.90 bits per heavy atom. The van der Waals surface area contributed by atoms with E-state index in [9.17, 15) is 13.6 Å². The Balaban J connectivity index is 2.01. The minimum atomic E-state index is -0.878. The number of anilines is 1. The molecule has 110 valence electrons. The van der Waals surface area contributed by atoms with Gasteiger partial charge in [-0.3, -0.25) is 4.79 Å². The maximum atomic E-state index is 13.6. The van der Waals surface area contributed by atoms with Crippen LogP contribution in [-0.2, 0) is 0 Å². The van der Waals surface area contributed by atoms with Crippen molar-refractivity contribution in [1.29, 1.82) is 0 Å². The van der Waals surface area contributed by atoms with Gasteiger partial charge in [-0.15, -0.1) is 0 Å². The minimum Gasteiger partial charge on any atom is -0.396 e. The zero-order chi connectivity index (χ0) is 14.7. The molecule has 1 aliphatic rings. The van der Waals surface area contributed by atoms with E-state index in [1.54, 1.807) is 0 Å². The summed E-state index contributed by atoms with van der Waals surface area (Å²) in [5, 5.41) is 2.81. The number of rotatable bonds is 3. The fourth-order valence-electron chi connectivity index (χ4n) is 2.72. The molecule has 1 saturated carbocycles. The van der Waals surface area contributed by atoms with Crippen molar-refractivity contribution in [2.24, 2.45) is 5.92 Å². The van der Waals surface area contributed by atoms with Crippen LogP contribution in [0.5, 0.6) is 0 Å². The molecule has 0 heterocycles. The number of nitrogens with one attached hydrogen (secondary N) is 1. The number of carbonyl (C=O) groups is 1. The maximum absolute atomic E-state index is 13.6. The average Bonchev–Trinajstić information content (AvgIpc) is 2.43. The van der Waals surface area contributed by atoms with Crippen molar-refractivity contribution < 1.29 is 13.6 Å². The zero-order valence-corrected chi connectivity index (χ0v) is 11.6. The third-order valence-corrected chi connectivity index (χ3v) is 4.09. The summed E-state index contributed by atoms with van der Waals surface area (Å²) in [5.74, 6) is -1.52. The van der Waals surface area contributed by atoms with Gasteiger partial charge < -0.3 is 11.1 Å². The number of nitrogens with two attached hydrogens (primary N) is 1. The highest BCUT2D eigenvalue weighted by atomic mass is 19.1. The molecule has 0 unspecified atom stereocenters. The molecule has 2 rings (SSSR count). The highest BCUT2D eigenvalue weighted by Crippen LogP contribution is 2.27. The molecule has 20 heavy (non-hydrogen) atoms. The summed E-state index contributed by atoms with van der Waals surface area (Å²) in [6, 6.07) is 1.77. The molecular formula is C15H20F2N2O. The maximum Gasteiger partial charge on any atom is 0.254 e. The van der Waals surface area contributed by atoms with Crippen molar-refractivity contribution in [3.8, 4) is 0 Å². The molecule has 0 aliphatic heterocycles. The predicted molar refractivity (Wildman–Crippen MR) is 74.3 cm³/mol. The van der Waals surface area contributed by atoms with Crippen LogP contribution >= 0.6 is 0 Å². The topological polar surface area (TPSA) is 55.1 Å². The standard InChI is InChI=1S/C15H20F2N2O/c1-2-9-3-5-10(6-4-9)19-15(20)11-7-14(18)13(17)8-12(11)16/h7-10H,2-6,18H2,1H3,(H,19,20). The van der Waals surface area contributed by atoms with E-state index >= 15 is 0 Å². The molecule has 3 N–H and O–H groups in total. The van der Waals surface area contributed by atoms with Crippen LogP contribution in [0.3, 0.4) is 0 Å². The molecule has 5 heteroatoms. The Morgan fingerprint density at radius 1 is 1.25 bits per heavy atom. The summed E-state index contributed by atoms with van der Waals surface area (Å²) in [6.45, 7) is 2.17. The Morgan fingerprint density at radius 3 is 2.50 bits per heavy atom. The molecular weight excluding hydrogens is 262 g/mol. The van der Waals surface area contributed by atoms with Gasteiger partial charge in [-0.05, 0) is 37.7 Å². The number of carbonyl (C=O) groups excluding carboxylic acids is 1. The second kappa shape index (κ2) is 6.20. The van der Waals surface area contributed by atoms with Crippen molar-refractivity contribution in [2.45, 2.75) is 45.1 Å². The van der Waals surface area contributed by atoms with E-state index in [2.05, 4.69) is 12.2 Å². The first-order valence-electron chi connectivity index (χ1n) is 7.06. The normalized spacial score (nSPS) is 22.6. The van der Waals surface area contributed by atoms with E-state index in [1.165, 1.54) is 0 Å². The highest BCUT2D eigenvalue weighted by molar-refractivity contribution is 5.95. The predicted octanol–water partition coefficient (Wildman–Crippen LogP) is 3.25. The van der Waals surface area contributed by atoms with Gasteiger partial charge in [0.15, 0.2) is 0 Å². The van der Waals surface area contributed by atoms with Crippen molar-refractivity contribution in [3.63, 3.8) is 0 Å². The highest BCUT2D eigenvalue weighted by Gasteiger charge is 2.23. The third kappa shape index (κ3) is 3.26. The van der Waals surface area contributed by atoms with Crippen LogP contribution in [0.15, 0.2) is 12.1 Å². The number of benzene rings is 1. The number of hydrogen-bond acceptors (Lipinski definition) is 2. The SMILES string of the molecule is CCC1CCC(NC(=O)c2cc(N)c(F)cc2F)CC1. The second-order valence-electron chi connectivity index (χ2n) is 5.45. The van der Waals surface area contributed by atoms with Crippen LogP contribution in [0.1, 0.15) is 49.4 Å². The van der Waals surface area contributed by atoms with Crippen molar-refractivity contribution >= 4 is 11.6 Å². The summed E-state index contributed by atoms with van der Waals surface area (Å²) in [6.07, 6.45) is 5.12. The molecule has 0 aromatic heterocycles. The van der Waals surface area contributed by atoms with E-state index in [1.807, 2.05) is 0 Å². The van der Waals surface area contributed by atoms with Gasteiger partial charge in [0.2, 0.25) is 0 Å². The molecule has 0 saturated heterocycles. The number of amides is 1. The van der Waals surface area contributed by atoms with Gasteiger partial charge in [0.05, 0.1) is 11.3 Å². The van der Waals surface area contributed by atoms with Gasteiger partial charge in [0, 0.05) is 12.1 Å². The Hall–Kier alpha value is -1.65. The molecule has 1 aromatic carbocycles. The summed E-state index contributed by atoms with van der Waals surface area (Å²) >= 11 is 0. The van der Waals surface area contributed by atoms with Gasteiger partial charge in [0.1, 0.15) is 11.6 Å². The quantitative estimate of drug-likeness (QED) is 0.836. The largest absolute Gasteiger partial charge is 0.396 e. The zero-order valence-electron chi connectivity index (χ0n) is 11.6. The van der Waals surface area contributed by atoms with Gasteiger partial charge in [-0.2, -0.15) is 0 Å². The molecule has 3 nitrogen and oxygen atoms in total. The summed E-state index contributed by atoms with van der Waals surface area (Å²) < 4.78 is 26.7. The van der Waals surface area contributed by atoms with Crippen molar-refractivity contribution in [3.05, 3.63) is 29.3 Å². The molecule has 0 spiro atoms. The second-order valence-corrected chi connectivity index (χ2v) is 5.45. The first-order valence-corrected chi connectivity index (χ1v) is 7.06. The van der Waals surface area contributed by atoms with Crippen LogP contribution in [0.2, 0.25) is 0 Å². The van der Waals surface area contributed by atoms with E-state index in [0.29, 0.717) is 6.07 Å². The summed E-state index contributed by atoms with van der Waals surface area (Å²) in [4.78, 5) is 12.0. The van der Waals surface area contributed by atoms with Gasteiger partial charge in [-0.25, -0.2) is 8.78 Å². The monoisotopic (exact) mass is 282 g/mol. The van der Waals surface area contributed by atoms with Crippen molar-refractivity contribution in [2.75, 3.05) is 5.73 Å². The van der Waals surface area contributed by atoms with Crippen LogP contribution in [-0.4, -0.2) is 11.9 Å². The van der Waals surface area contributed by atoms with Crippen LogP contribution in [0, 0.1) is 17.6 Å². The van der Waals surface area contributed by atoms with Gasteiger partial charge in [0.25, 0.3) is 5.91 Å². The van der Waals surface area contributed by atoms with Gasteiger partial charge >= 0.3 is 0 Å². The van der Waals surface area contributed by atoms with Crippen LogP contribution in [0.25, 0.3) is 0 Å². The molecule has 0 bridgehead atoms. The lowest BCUT2D eigenvalue weighted by atomic mass is 9.84. The lowest BCUT2D eigenvalue weighted by Gasteiger charge is -2.28. The summed E-state index contributed by atoms with van der Waals surface area (Å²) in [5.41, 5.74) is 4.97. The molecule has 0 atom stereocenters.